The van der Waals surface area contributed by atoms with Gasteiger partial charge in [0, 0.05) is 12.3 Å². The number of nitrogens with zero attached hydrogens (tertiary/aromatic N) is 1. The van der Waals surface area contributed by atoms with Crippen LogP contribution < -0.4 is 5.32 Å². The van der Waals surface area contributed by atoms with E-state index in [0.717, 1.165) is 6.42 Å². The molecule has 3 amide bonds. The molecule has 1 unspecified atom stereocenters. The Balaban J connectivity index is 2.68. The Morgan fingerprint density at radius 2 is 2.25 bits per heavy atom. The minimum atomic E-state index is -0.374. The molecule has 1 rings (SSSR count). The first-order valence-corrected chi connectivity index (χ1v) is 4.56. The smallest absolute Gasteiger partial charge is 0.312 e. The molecule has 5 heteroatoms. The minimum absolute atomic E-state index is 0.233. The van der Waals surface area contributed by atoms with E-state index < -0.39 is 0 Å². The van der Waals surface area contributed by atoms with Crippen LogP contribution in [0.2, 0.25) is 0 Å². The highest BCUT2D eigenvalue weighted by Gasteiger charge is 2.36. The van der Waals surface area contributed by atoms with Crippen LogP contribution in [-0.2, 0) is 4.79 Å². The average molecular weight is 188 g/mol. The Bertz CT molecular complexity index is 208. The average Bonchev–Trinajstić information content (AvgIpc) is 2.28. The van der Waals surface area contributed by atoms with E-state index in [0.29, 0.717) is 12.3 Å². The van der Waals surface area contributed by atoms with Crippen LogP contribution in [0.15, 0.2) is 0 Å². The molecule has 0 spiro atoms. The fourth-order valence-corrected chi connectivity index (χ4v) is 1.59. The Hall–Kier alpha value is -0.710. The molecule has 1 atom stereocenters. The van der Waals surface area contributed by atoms with Gasteiger partial charge in [0.1, 0.15) is 6.04 Å². The number of hydrogen-bond donors (Lipinski definition) is 2. The second kappa shape index (κ2) is 3.80. The van der Waals surface area contributed by atoms with Crippen LogP contribution in [0.25, 0.3) is 0 Å². The van der Waals surface area contributed by atoms with E-state index in [-0.39, 0.29) is 18.0 Å². The van der Waals surface area contributed by atoms with Gasteiger partial charge in [0.2, 0.25) is 0 Å². The summed E-state index contributed by atoms with van der Waals surface area (Å²) >= 11 is 4.01. The van der Waals surface area contributed by atoms with Crippen LogP contribution >= 0.6 is 12.6 Å². The lowest BCUT2D eigenvalue weighted by Gasteiger charge is -2.18. The van der Waals surface area contributed by atoms with E-state index in [4.69, 9.17) is 0 Å². The number of nitrogens with one attached hydrogen (secondary N) is 1. The number of imide groups is 1. The molecule has 0 aromatic rings. The van der Waals surface area contributed by atoms with Crippen molar-refractivity contribution in [3.8, 4) is 0 Å². The summed E-state index contributed by atoms with van der Waals surface area (Å²) in [4.78, 5) is 23.7. The highest BCUT2D eigenvalue weighted by molar-refractivity contribution is 7.80. The number of carbonyl (C=O) groups excluding carboxylic acids is 2. The number of urea groups is 1. The van der Waals surface area contributed by atoms with Crippen molar-refractivity contribution in [3.63, 3.8) is 0 Å². The number of thiol groups is 1. The largest absolute Gasteiger partial charge is 0.324 e. The maximum atomic E-state index is 11.1. The summed E-state index contributed by atoms with van der Waals surface area (Å²) in [6, 6.07) is -0.665. The van der Waals surface area contributed by atoms with Gasteiger partial charge in [-0.1, -0.05) is 6.92 Å². The first-order valence-electron chi connectivity index (χ1n) is 3.93. The standard InChI is InChI=1S/C7H12N2O2S/c1-2-3-9-5(4-12)6(10)8-7(9)11/h5,12H,2-4H2,1H3,(H,8,10,11). The van der Waals surface area contributed by atoms with Crippen molar-refractivity contribution < 1.29 is 9.59 Å². The lowest BCUT2D eigenvalue weighted by Crippen LogP contribution is -2.36. The maximum absolute atomic E-state index is 11.1. The van der Waals surface area contributed by atoms with Gasteiger partial charge in [0.15, 0.2) is 0 Å². The zero-order chi connectivity index (χ0) is 9.14. The number of rotatable bonds is 3. The lowest BCUT2D eigenvalue weighted by atomic mass is 10.3. The monoisotopic (exact) mass is 188 g/mol. The van der Waals surface area contributed by atoms with Crippen molar-refractivity contribution in [2.45, 2.75) is 19.4 Å². The molecule has 0 aliphatic carbocycles. The number of carbonyl (C=O) groups is 2. The molecule has 12 heavy (non-hydrogen) atoms. The molecule has 1 fully saturated rings. The topological polar surface area (TPSA) is 49.4 Å². The van der Waals surface area contributed by atoms with Crippen molar-refractivity contribution in [2.75, 3.05) is 12.3 Å². The van der Waals surface area contributed by atoms with Gasteiger partial charge in [-0.3, -0.25) is 10.1 Å². The molecule has 0 aromatic carbocycles. The summed E-state index contributed by atoms with van der Waals surface area (Å²) in [5.74, 6) is 0.154. The fourth-order valence-electron chi connectivity index (χ4n) is 1.22. The minimum Gasteiger partial charge on any atom is -0.312 e. The van der Waals surface area contributed by atoms with Crippen LogP contribution in [-0.4, -0.2) is 35.2 Å². The lowest BCUT2D eigenvalue weighted by molar-refractivity contribution is -0.120. The first-order chi connectivity index (χ1) is 5.70. The van der Waals surface area contributed by atoms with Gasteiger partial charge in [0.25, 0.3) is 5.91 Å². The van der Waals surface area contributed by atoms with E-state index in [1.165, 1.54) is 4.90 Å². The highest BCUT2D eigenvalue weighted by atomic mass is 32.1. The van der Waals surface area contributed by atoms with E-state index >= 15 is 0 Å². The van der Waals surface area contributed by atoms with Crippen molar-refractivity contribution in [3.05, 3.63) is 0 Å². The Morgan fingerprint density at radius 3 is 2.75 bits per heavy atom. The van der Waals surface area contributed by atoms with E-state index in [2.05, 4.69) is 17.9 Å². The Morgan fingerprint density at radius 1 is 1.58 bits per heavy atom. The molecular formula is C7H12N2O2S. The Labute approximate surface area is 76.7 Å². The summed E-state index contributed by atoms with van der Waals surface area (Å²) < 4.78 is 0. The summed E-state index contributed by atoms with van der Waals surface area (Å²) in [6.45, 7) is 2.58. The number of hydrogen-bond acceptors (Lipinski definition) is 3. The third-order valence-electron chi connectivity index (χ3n) is 1.81. The van der Waals surface area contributed by atoms with Crippen molar-refractivity contribution >= 4 is 24.6 Å². The molecule has 68 valence electrons. The van der Waals surface area contributed by atoms with Gasteiger partial charge in [-0.15, -0.1) is 0 Å². The number of amides is 3. The third kappa shape index (κ3) is 1.55. The van der Waals surface area contributed by atoms with Crippen molar-refractivity contribution in [1.82, 2.24) is 10.2 Å². The molecule has 1 N–H and O–H groups in total. The van der Waals surface area contributed by atoms with Gasteiger partial charge in [0.05, 0.1) is 0 Å². The fraction of sp³-hybridized carbons (Fsp3) is 0.714. The van der Waals surface area contributed by atoms with Crippen LogP contribution in [0, 0.1) is 0 Å². The van der Waals surface area contributed by atoms with E-state index in [1.807, 2.05) is 6.92 Å². The molecule has 0 aromatic heterocycles. The van der Waals surface area contributed by atoms with E-state index in [9.17, 15) is 9.59 Å². The maximum Gasteiger partial charge on any atom is 0.324 e. The molecule has 1 heterocycles. The van der Waals surface area contributed by atoms with Crippen molar-refractivity contribution in [1.29, 1.82) is 0 Å². The van der Waals surface area contributed by atoms with Crippen LogP contribution in [0.3, 0.4) is 0 Å². The van der Waals surface area contributed by atoms with Crippen molar-refractivity contribution in [2.24, 2.45) is 0 Å². The zero-order valence-corrected chi connectivity index (χ0v) is 7.80. The predicted molar refractivity (Wildman–Crippen MR) is 48.2 cm³/mol. The first kappa shape index (κ1) is 9.38. The molecule has 4 nitrogen and oxygen atoms in total. The Kier molecular flexibility index (Phi) is 2.97. The summed E-state index contributed by atoms with van der Waals surface area (Å²) in [6.07, 6.45) is 0.852. The SMILES string of the molecule is CCCN1C(=O)NC(=O)C1CS. The molecule has 0 bridgehead atoms. The summed E-state index contributed by atoms with van der Waals surface area (Å²) in [7, 11) is 0. The second-order valence-corrected chi connectivity index (χ2v) is 3.05. The van der Waals surface area contributed by atoms with E-state index in [1.54, 1.807) is 0 Å². The summed E-state index contributed by atoms with van der Waals surface area (Å²) in [5.41, 5.74) is 0. The third-order valence-corrected chi connectivity index (χ3v) is 2.15. The van der Waals surface area contributed by atoms with Crippen LogP contribution in [0.5, 0.6) is 0 Å². The molecule has 1 aliphatic heterocycles. The van der Waals surface area contributed by atoms with Gasteiger partial charge in [-0.05, 0) is 6.42 Å². The van der Waals surface area contributed by atoms with Gasteiger partial charge < -0.3 is 4.90 Å². The van der Waals surface area contributed by atoms with Crippen LogP contribution in [0.4, 0.5) is 4.79 Å². The normalized spacial score (nSPS) is 23.2. The summed E-state index contributed by atoms with van der Waals surface area (Å²) in [5, 5.41) is 2.25. The molecular weight excluding hydrogens is 176 g/mol. The van der Waals surface area contributed by atoms with Gasteiger partial charge in [-0.2, -0.15) is 12.6 Å². The second-order valence-electron chi connectivity index (χ2n) is 2.69. The van der Waals surface area contributed by atoms with Crippen LogP contribution in [0.1, 0.15) is 13.3 Å². The quantitative estimate of drug-likeness (QED) is 0.492. The molecule has 0 radical (unpaired) electrons. The molecule has 0 saturated carbocycles. The highest BCUT2D eigenvalue weighted by Crippen LogP contribution is 2.10. The molecule has 1 aliphatic rings. The zero-order valence-electron chi connectivity index (χ0n) is 6.91. The molecule has 1 saturated heterocycles. The van der Waals surface area contributed by atoms with Gasteiger partial charge >= 0.3 is 6.03 Å². The predicted octanol–water partition coefficient (Wildman–Crippen LogP) is 0.247. The van der Waals surface area contributed by atoms with Gasteiger partial charge in [-0.25, -0.2) is 4.79 Å².